The van der Waals surface area contributed by atoms with Crippen LogP contribution in [0.15, 0.2) is 48.5 Å². The Balaban J connectivity index is 1.66. The van der Waals surface area contributed by atoms with Crippen LogP contribution < -0.4 is 4.90 Å². The maximum Gasteiger partial charge on any atom is 0.116 e. The van der Waals surface area contributed by atoms with Crippen molar-refractivity contribution in [1.82, 2.24) is 15.2 Å². The molecule has 1 fully saturated rings. The number of para-hydroxylation sites is 1. The molecular weight excluding hydrogens is 296 g/mol. The first kappa shape index (κ1) is 13.7. The van der Waals surface area contributed by atoms with Crippen LogP contribution in [-0.4, -0.2) is 28.3 Å². The summed E-state index contributed by atoms with van der Waals surface area (Å²) in [4.78, 5) is 6.08. The fourth-order valence-electron chi connectivity index (χ4n) is 3.85. The average molecular weight is 316 g/mol. The van der Waals surface area contributed by atoms with E-state index in [1.807, 2.05) is 6.07 Å². The normalized spacial score (nSPS) is 15.4. The van der Waals surface area contributed by atoms with E-state index in [2.05, 4.69) is 62.5 Å². The van der Waals surface area contributed by atoms with Crippen molar-refractivity contribution in [1.29, 1.82) is 0 Å². The van der Waals surface area contributed by atoms with Crippen molar-refractivity contribution < 1.29 is 0 Å². The highest BCUT2D eigenvalue weighted by Gasteiger charge is 2.16. The van der Waals surface area contributed by atoms with Crippen molar-refractivity contribution in [2.24, 2.45) is 0 Å². The number of rotatable bonds is 2. The Bertz CT molecular complexity index is 1000. The molecule has 4 aromatic rings. The molecule has 4 nitrogen and oxygen atoms in total. The van der Waals surface area contributed by atoms with Crippen LogP contribution in [0.5, 0.6) is 0 Å². The van der Waals surface area contributed by atoms with Gasteiger partial charge in [0.05, 0.1) is 11.2 Å². The number of hydrogen-bond donors (Lipinski definition) is 2. The fourth-order valence-corrected chi connectivity index (χ4v) is 3.85. The average Bonchev–Trinajstić information content (AvgIpc) is 3.25. The van der Waals surface area contributed by atoms with E-state index in [4.69, 9.17) is 0 Å². The van der Waals surface area contributed by atoms with Crippen LogP contribution in [-0.2, 0) is 0 Å². The summed E-state index contributed by atoms with van der Waals surface area (Å²) in [5, 5.41) is 10.1. The van der Waals surface area contributed by atoms with Gasteiger partial charge in [0.2, 0.25) is 0 Å². The zero-order valence-electron chi connectivity index (χ0n) is 13.5. The number of nitrogens with zero attached hydrogens (tertiary/aromatic N) is 2. The molecule has 2 N–H and O–H groups in total. The van der Waals surface area contributed by atoms with Gasteiger partial charge in [-0.05, 0) is 43.5 Å². The summed E-state index contributed by atoms with van der Waals surface area (Å²) < 4.78 is 0. The molecule has 0 radical (unpaired) electrons. The lowest BCUT2D eigenvalue weighted by molar-refractivity contribution is 0.579. The van der Waals surface area contributed by atoms with Crippen LogP contribution in [0.4, 0.5) is 5.69 Å². The van der Waals surface area contributed by atoms with Crippen LogP contribution in [0.2, 0.25) is 0 Å². The molecule has 1 saturated heterocycles. The van der Waals surface area contributed by atoms with Crippen molar-refractivity contribution in [3.8, 4) is 11.4 Å². The Labute approximate surface area is 140 Å². The topological polar surface area (TPSA) is 47.7 Å². The van der Waals surface area contributed by atoms with E-state index in [0.29, 0.717) is 0 Å². The minimum atomic E-state index is 0.992. The third kappa shape index (κ3) is 2.10. The highest BCUT2D eigenvalue weighted by atomic mass is 15.1. The number of nitrogens with one attached hydrogen (secondary N) is 2. The van der Waals surface area contributed by atoms with E-state index in [1.54, 1.807) is 0 Å². The molecule has 0 aliphatic carbocycles. The summed E-state index contributed by atoms with van der Waals surface area (Å²) in [7, 11) is 0. The van der Waals surface area contributed by atoms with Gasteiger partial charge in [0.1, 0.15) is 5.69 Å². The first-order chi connectivity index (χ1) is 11.9. The highest BCUT2D eigenvalue weighted by Crippen LogP contribution is 2.34. The van der Waals surface area contributed by atoms with E-state index < -0.39 is 0 Å². The number of benzene rings is 2. The van der Waals surface area contributed by atoms with Gasteiger partial charge < -0.3 is 9.88 Å². The zero-order valence-corrected chi connectivity index (χ0v) is 13.5. The van der Waals surface area contributed by atoms with Gasteiger partial charge in [0.15, 0.2) is 0 Å². The van der Waals surface area contributed by atoms with Gasteiger partial charge in [-0.25, -0.2) is 0 Å². The Morgan fingerprint density at radius 2 is 1.67 bits per heavy atom. The third-order valence-electron chi connectivity index (χ3n) is 5.06. The smallest absolute Gasteiger partial charge is 0.116 e. The quantitative estimate of drug-likeness (QED) is 0.563. The summed E-state index contributed by atoms with van der Waals surface area (Å²) in [5.41, 5.74) is 5.66. The van der Waals surface area contributed by atoms with E-state index in [0.717, 1.165) is 35.4 Å². The van der Waals surface area contributed by atoms with Gasteiger partial charge in [-0.3, -0.25) is 5.10 Å². The first-order valence-corrected chi connectivity index (χ1v) is 8.70. The summed E-state index contributed by atoms with van der Waals surface area (Å²) in [5.74, 6) is 0. The third-order valence-corrected chi connectivity index (χ3v) is 5.06. The van der Waals surface area contributed by atoms with Crippen LogP contribution in [0, 0.1) is 0 Å². The summed E-state index contributed by atoms with van der Waals surface area (Å²) >= 11 is 0. The molecule has 0 bridgehead atoms. The first-order valence-electron chi connectivity index (χ1n) is 8.70. The number of aromatic nitrogens is 3. The molecule has 0 spiro atoms. The molecule has 0 unspecified atom stereocenters. The maximum atomic E-state index is 4.53. The van der Waals surface area contributed by atoms with E-state index in [-0.39, 0.29) is 0 Å². The van der Waals surface area contributed by atoms with Gasteiger partial charge in [0.25, 0.3) is 0 Å². The SMILES string of the molecule is c1cc(N2CCCCC2)c2cc(-c3n[nH]c4ccccc34)[nH]c2c1. The molecule has 2 aromatic heterocycles. The van der Waals surface area contributed by atoms with Crippen molar-refractivity contribution in [3.63, 3.8) is 0 Å². The van der Waals surface area contributed by atoms with Gasteiger partial charge in [0, 0.05) is 35.1 Å². The predicted molar refractivity (Wildman–Crippen MR) is 99.5 cm³/mol. The minimum Gasteiger partial charge on any atom is -0.371 e. The van der Waals surface area contributed by atoms with Crippen LogP contribution in [0.3, 0.4) is 0 Å². The number of H-pyrrole nitrogens is 2. The molecule has 3 heterocycles. The zero-order chi connectivity index (χ0) is 15.9. The molecule has 2 aromatic carbocycles. The molecule has 24 heavy (non-hydrogen) atoms. The maximum absolute atomic E-state index is 4.53. The molecule has 5 rings (SSSR count). The molecule has 120 valence electrons. The van der Waals surface area contributed by atoms with Gasteiger partial charge in [-0.2, -0.15) is 5.10 Å². The van der Waals surface area contributed by atoms with Crippen LogP contribution >= 0.6 is 0 Å². The van der Waals surface area contributed by atoms with Crippen LogP contribution in [0.1, 0.15) is 19.3 Å². The molecule has 0 atom stereocenters. The van der Waals surface area contributed by atoms with Gasteiger partial charge in [-0.15, -0.1) is 0 Å². The summed E-state index contributed by atoms with van der Waals surface area (Å²) in [6.45, 7) is 2.32. The summed E-state index contributed by atoms with van der Waals surface area (Å²) in [6.07, 6.45) is 3.93. The minimum absolute atomic E-state index is 0.992. The molecule has 1 aliphatic rings. The van der Waals surface area contributed by atoms with Crippen molar-refractivity contribution in [2.45, 2.75) is 19.3 Å². The van der Waals surface area contributed by atoms with Gasteiger partial charge >= 0.3 is 0 Å². The van der Waals surface area contributed by atoms with E-state index in [9.17, 15) is 0 Å². The van der Waals surface area contributed by atoms with Crippen molar-refractivity contribution in [2.75, 3.05) is 18.0 Å². The standard InChI is InChI=1S/C20H20N4/c1-4-11-24(12-5-1)19-10-6-9-16-15(19)13-18(21-16)20-14-7-2-3-8-17(14)22-23-20/h2-3,6-10,13,21H,1,4-5,11-12H2,(H,22,23). The molecular formula is C20H20N4. The highest BCUT2D eigenvalue weighted by molar-refractivity contribution is 5.99. The van der Waals surface area contributed by atoms with E-state index in [1.165, 1.54) is 35.9 Å². The number of fused-ring (bicyclic) bond motifs is 2. The Hall–Kier alpha value is -2.75. The monoisotopic (exact) mass is 316 g/mol. The largest absolute Gasteiger partial charge is 0.371 e. The number of anilines is 1. The second-order valence-corrected chi connectivity index (χ2v) is 6.59. The molecule has 4 heteroatoms. The molecule has 0 amide bonds. The number of piperidine rings is 1. The Morgan fingerprint density at radius 1 is 0.833 bits per heavy atom. The molecule has 1 aliphatic heterocycles. The number of hydrogen-bond acceptors (Lipinski definition) is 2. The lowest BCUT2D eigenvalue weighted by Crippen LogP contribution is -2.29. The second kappa shape index (κ2) is 5.41. The molecule has 0 saturated carbocycles. The lowest BCUT2D eigenvalue weighted by Gasteiger charge is -2.29. The Morgan fingerprint density at radius 3 is 2.58 bits per heavy atom. The Kier molecular flexibility index (Phi) is 3.08. The fraction of sp³-hybridized carbons (Fsp3) is 0.250. The van der Waals surface area contributed by atoms with Crippen LogP contribution in [0.25, 0.3) is 33.2 Å². The lowest BCUT2D eigenvalue weighted by atomic mass is 10.1. The van der Waals surface area contributed by atoms with Gasteiger partial charge in [-0.1, -0.05) is 24.3 Å². The number of aromatic amines is 2. The van der Waals surface area contributed by atoms with Crippen molar-refractivity contribution >= 4 is 27.5 Å². The predicted octanol–water partition coefficient (Wildman–Crippen LogP) is 4.70. The second-order valence-electron chi connectivity index (χ2n) is 6.59. The summed E-state index contributed by atoms with van der Waals surface area (Å²) in [6, 6.07) is 17.1. The van der Waals surface area contributed by atoms with E-state index >= 15 is 0 Å². The van der Waals surface area contributed by atoms with Crippen molar-refractivity contribution in [3.05, 3.63) is 48.5 Å².